The molecule has 1 rings (SSSR count). The second-order valence-electron chi connectivity index (χ2n) is 6.80. The van der Waals surface area contributed by atoms with Crippen LogP contribution in [0.3, 0.4) is 0 Å². The van der Waals surface area contributed by atoms with Crippen LogP contribution in [0, 0.1) is 5.41 Å². The Hall–Kier alpha value is -0.610. The maximum Gasteiger partial charge on any atom is 0.185 e. The lowest BCUT2D eigenvalue weighted by Gasteiger charge is -2.35. The number of hydrogen-bond acceptors (Lipinski definition) is 4. The molecule has 2 atom stereocenters. The Kier molecular flexibility index (Phi) is 6.02. The number of aromatic nitrogens is 1. The summed E-state index contributed by atoms with van der Waals surface area (Å²) in [5.74, 6) is 0.529. The maximum atomic E-state index is 4.94. The van der Waals surface area contributed by atoms with Gasteiger partial charge in [0.25, 0.3) is 0 Å². The number of anilines is 1. The lowest BCUT2D eigenvalue weighted by molar-refractivity contribution is 0.329. The second-order valence-corrected chi connectivity index (χ2v) is 7.86. The largest absolute Gasteiger partial charge is 0.348 e. The van der Waals surface area contributed by atoms with Gasteiger partial charge in [0.2, 0.25) is 0 Å². The summed E-state index contributed by atoms with van der Waals surface area (Å²) in [6.07, 6.45) is 1.14. The minimum atomic E-state index is 0.250. The van der Waals surface area contributed by atoms with Gasteiger partial charge < -0.3 is 10.2 Å². The normalized spacial score (nSPS) is 15.2. The van der Waals surface area contributed by atoms with Gasteiger partial charge in [0.05, 0.1) is 5.69 Å². The molecular formula is C16H31N3S. The fraction of sp³-hybridized carbons (Fsp3) is 0.812. The van der Waals surface area contributed by atoms with Gasteiger partial charge in [-0.25, -0.2) is 4.98 Å². The van der Waals surface area contributed by atoms with Gasteiger partial charge in [-0.1, -0.05) is 34.6 Å². The zero-order chi connectivity index (χ0) is 15.5. The van der Waals surface area contributed by atoms with E-state index in [9.17, 15) is 0 Å². The first-order chi connectivity index (χ1) is 9.22. The first-order valence-corrected chi connectivity index (χ1v) is 8.41. The van der Waals surface area contributed by atoms with Crippen LogP contribution in [-0.2, 0) is 6.54 Å². The first kappa shape index (κ1) is 17.4. The molecule has 0 saturated carbocycles. The van der Waals surface area contributed by atoms with Crippen LogP contribution in [0.4, 0.5) is 5.13 Å². The summed E-state index contributed by atoms with van der Waals surface area (Å²) >= 11 is 1.83. The average Bonchev–Trinajstić information content (AvgIpc) is 2.79. The van der Waals surface area contributed by atoms with Gasteiger partial charge >= 0.3 is 0 Å². The van der Waals surface area contributed by atoms with Crippen LogP contribution in [0.5, 0.6) is 0 Å². The van der Waals surface area contributed by atoms with Gasteiger partial charge in [0.1, 0.15) is 0 Å². The van der Waals surface area contributed by atoms with Crippen molar-refractivity contribution in [3.8, 4) is 0 Å². The topological polar surface area (TPSA) is 28.2 Å². The molecule has 0 radical (unpaired) electrons. The molecule has 0 spiro atoms. The predicted molar refractivity (Wildman–Crippen MR) is 90.9 cm³/mol. The highest BCUT2D eigenvalue weighted by atomic mass is 32.1. The minimum Gasteiger partial charge on any atom is -0.348 e. The fourth-order valence-corrected chi connectivity index (χ4v) is 3.35. The third kappa shape index (κ3) is 3.95. The summed E-state index contributed by atoms with van der Waals surface area (Å²) < 4.78 is 0. The molecule has 2 unspecified atom stereocenters. The third-order valence-electron chi connectivity index (χ3n) is 4.27. The highest BCUT2D eigenvalue weighted by Crippen LogP contribution is 2.35. The summed E-state index contributed by atoms with van der Waals surface area (Å²) in [6, 6.07) is 0.459. The minimum absolute atomic E-state index is 0.250. The van der Waals surface area contributed by atoms with Crippen LogP contribution >= 0.6 is 11.3 Å². The monoisotopic (exact) mass is 297 g/mol. The molecule has 1 N–H and O–H groups in total. The number of thiazole rings is 1. The Balaban J connectivity index is 3.07. The molecule has 0 aliphatic heterocycles. The van der Waals surface area contributed by atoms with Crippen molar-refractivity contribution >= 4 is 16.5 Å². The van der Waals surface area contributed by atoms with Gasteiger partial charge in [-0.3, -0.25) is 0 Å². The van der Waals surface area contributed by atoms with Gasteiger partial charge in [0.15, 0.2) is 5.13 Å². The van der Waals surface area contributed by atoms with Crippen LogP contribution in [0.15, 0.2) is 0 Å². The Bertz CT molecular complexity index is 420. The SMILES string of the molecule is CCC(C)c1nc(N(C)C(C)C(C)(C)C)sc1CNC. The smallest absolute Gasteiger partial charge is 0.185 e. The van der Waals surface area contributed by atoms with Gasteiger partial charge in [-0.2, -0.15) is 0 Å². The van der Waals surface area contributed by atoms with E-state index in [1.54, 1.807) is 0 Å². The zero-order valence-electron chi connectivity index (χ0n) is 14.4. The van der Waals surface area contributed by atoms with E-state index < -0.39 is 0 Å². The van der Waals surface area contributed by atoms with Crippen molar-refractivity contribution in [2.75, 3.05) is 19.0 Å². The van der Waals surface area contributed by atoms with E-state index >= 15 is 0 Å². The van der Waals surface area contributed by atoms with Crippen molar-refractivity contribution in [2.24, 2.45) is 5.41 Å². The summed E-state index contributed by atoms with van der Waals surface area (Å²) in [4.78, 5) is 8.65. The molecule has 0 aromatic carbocycles. The molecular weight excluding hydrogens is 266 g/mol. The molecule has 4 heteroatoms. The van der Waals surface area contributed by atoms with E-state index in [-0.39, 0.29) is 5.41 Å². The lowest BCUT2D eigenvalue weighted by atomic mass is 9.87. The molecule has 0 amide bonds. The predicted octanol–water partition coefficient (Wildman–Crippen LogP) is 4.25. The summed E-state index contributed by atoms with van der Waals surface area (Å²) in [5.41, 5.74) is 1.52. The molecule has 1 aromatic heterocycles. The van der Waals surface area contributed by atoms with Gasteiger partial charge in [-0.05, 0) is 31.7 Å². The molecule has 0 aliphatic rings. The van der Waals surface area contributed by atoms with E-state index in [0.29, 0.717) is 12.0 Å². The molecule has 0 saturated heterocycles. The fourth-order valence-electron chi connectivity index (χ4n) is 2.11. The number of nitrogens with zero attached hydrogens (tertiary/aromatic N) is 2. The van der Waals surface area contributed by atoms with Crippen molar-refractivity contribution in [2.45, 2.75) is 66.5 Å². The standard InChI is InChI=1S/C16H31N3S/c1-9-11(2)14-13(10-17-7)20-15(18-14)19(8)12(3)16(4,5)6/h11-12,17H,9-10H2,1-8H3. The molecule has 1 heterocycles. The van der Waals surface area contributed by atoms with Crippen molar-refractivity contribution in [3.63, 3.8) is 0 Å². The molecule has 3 nitrogen and oxygen atoms in total. The van der Waals surface area contributed by atoms with Crippen molar-refractivity contribution < 1.29 is 0 Å². The number of hydrogen-bond donors (Lipinski definition) is 1. The van der Waals surface area contributed by atoms with Crippen LogP contribution in [0.25, 0.3) is 0 Å². The van der Waals surface area contributed by atoms with E-state index in [2.05, 4.69) is 58.8 Å². The van der Waals surface area contributed by atoms with Crippen LogP contribution in [0.2, 0.25) is 0 Å². The molecule has 1 aromatic rings. The highest BCUT2D eigenvalue weighted by Gasteiger charge is 2.27. The average molecular weight is 298 g/mol. The molecule has 0 bridgehead atoms. The Morgan fingerprint density at radius 3 is 2.35 bits per heavy atom. The first-order valence-electron chi connectivity index (χ1n) is 7.59. The summed E-state index contributed by atoms with van der Waals surface area (Å²) in [7, 11) is 4.17. The lowest BCUT2D eigenvalue weighted by Crippen LogP contribution is -2.39. The summed E-state index contributed by atoms with van der Waals surface area (Å²) in [5, 5.41) is 4.41. The van der Waals surface area contributed by atoms with Crippen molar-refractivity contribution in [3.05, 3.63) is 10.6 Å². The van der Waals surface area contributed by atoms with Crippen LogP contribution in [-0.4, -0.2) is 25.1 Å². The molecule has 116 valence electrons. The zero-order valence-corrected chi connectivity index (χ0v) is 15.2. The highest BCUT2D eigenvalue weighted by molar-refractivity contribution is 7.15. The quantitative estimate of drug-likeness (QED) is 0.851. The van der Waals surface area contributed by atoms with Crippen LogP contribution in [0.1, 0.15) is 64.5 Å². The van der Waals surface area contributed by atoms with Gasteiger partial charge in [-0.15, -0.1) is 11.3 Å². The van der Waals surface area contributed by atoms with E-state index in [0.717, 1.165) is 18.1 Å². The van der Waals surface area contributed by atoms with E-state index in [1.807, 2.05) is 18.4 Å². The molecule has 0 aliphatic carbocycles. The van der Waals surface area contributed by atoms with E-state index in [1.165, 1.54) is 10.6 Å². The number of rotatable bonds is 6. The Morgan fingerprint density at radius 2 is 1.90 bits per heavy atom. The Labute approximate surface area is 128 Å². The van der Waals surface area contributed by atoms with Crippen molar-refractivity contribution in [1.29, 1.82) is 0 Å². The second kappa shape index (κ2) is 6.90. The number of nitrogens with one attached hydrogen (secondary N) is 1. The molecule has 20 heavy (non-hydrogen) atoms. The summed E-state index contributed by atoms with van der Waals surface area (Å²) in [6.45, 7) is 14.5. The van der Waals surface area contributed by atoms with Crippen LogP contribution < -0.4 is 10.2 Å². The van der Waals surface area contributed by atoms with Gasteiger partial charge in [0, 0.05) is 24.5 Å². The third-order valence-corrected chi connectivity index (χ3v) is 5.43. The van der Waals surface area contributed by atoms with Crippen molar-refractivity contribution in [1.82, 2.24) is 10.3 Å². The molecule has 0 fully saturated rings. The Morgan fingerprint density at radius 1 is 1.30 bits per heavy atom. The van der Waals surface area contributed by atoms with E-state index in [4.69, 9.17) is 4.98 Å². The maximum absolute atomic E-state index is 4.94.